The molecule has 2 N–H and O–H groups in total. The molecular weight excluding hydrogens is 244 g/mol. The second-order valence-corrected chi connectivity index (χ2v) is 4.07. The van der Waals surface area contributed by atoms with E-state index < -0.39 is 0 Å². The zero-order valence-corrected chi connectivity index (χ0v) is 11.1. The van der Waals surface area contributed by atoms with Crippen LogP contribution in [0.2, 0.25) is 0 Å². The lowest BCUT2D eigenvalue weighted by atomic mass is 10.3. The van der Waals surface area contributed by atoms with E-state index in [-0.39, 0.29) is 6.03 Å². The Balaban J connectivity index is 2.07. The van der Waals surface area contributed by atoms with Crippen molar-refractivity contribution in [1.82, 2.24) is 9.78 Å². The van der Waals surface area contributed by atoms with Crippen LogP contribution >= 0.6 is 0 Å². The van der Waals surface area contributed by atoms with Gasteiger partial charge in [-0.3, -0.25) is 10.00 Å². The third kappa shape index (κ3) is 3.04. The number of amides is 2. The van der Waals surface area contributed by atoms with Crippen molar-refractivity contribution >= 4 is 17.5 Å². The molecule has 0 bridgehead atoms. The Morgan fingerprint density at radius 2 is 2.05 bits per heavy atom. The van der Waals surface area contributed by atoms with E-state index in [4.69, 9.17) is 4.74 Å². The smallest absolute Gasteiger partial charge is 0.324 e. The van der Waals surface area contributed by atoms with Crippen molar-refractivity contribution in [3.63, 3.8) is 0 Å². The number of methoxy groups -OCH3 is 1. The number of aromatic nitrogens is 2. The number of aryl methyl sites for hydroxylation is 2. The SMILES string of the molecule is COc1ccccc1NC(=O)Nc1cc(C)nn1C. The molecule has 0 saturated heterocycles. The first-order valence-electron chi connectivity index (χ1n) is 5.82. The Hall–Kier alpha value is -2.50. The average molecular weight is 260 g/mol. The summed E-state index contributed by atoms with van der Waals surface area (Å²) in [6, 6.07) is 8.67. The fourth-order valence-corrected chi connectivity index (χ4v) is 1.75. The lowest BCUT2D eigenvalue weighted by molar-refractivity contribution is 0.262. The molecule has 0 unspecified atom stereocenters. The summed E-state index contributed by atoms with van der Waals surface area (Å²) >= 11 is 0. The Bertz CT molecular complexity index is 592. The van der Waals surface area contributed by atoms with Gasteiger partial charge < -0.3 is 10.1 Å². The van der Waals surface area contributed by atoms with E-state index in [0.717, 1.165) is 5.69 Å². The standard InChI is InChI=1S/C13H16N4O2/c1-9-8-12(17(2)16-9)15-13(18)14-10-6-4-5-7-11(10)19-3/h4-8H,1-3H3,(H2,14,15,18). The van der Waals surface area contributed by atoms with Gasteiger partial charge in [0.2, 0.25) is 0 Å². The summed E-state index contributed by atoms with van der Waals surface area (Å²) in [7, 11) is 3.33. The molecule has 6 heteroatoms. The Morgan fingerprint density at radius 3 is 2.68 bits per heavy atom. The number of hydrogen-bond donors (Lipinski definition) is 2. The van der Waals surface area contributed by atoms with Gasteiger partial charge in [-0.25, -0.2) is 4.79 Å². The van der Waals surface area contributed by atoms with Crippen LogP contribution in [-0.2, 0) is 7.05 Å². The van der Waals surface area contributed by atoms with Gasteiger partial charge in [-0.15, -0.1) is 0 Å². The van der Waals surface area contributed by atoms with Crippen LogP contribution in [0.3, 0.4) is 0 Å². The van der Waals surface area contributed by atoms with E-state index in [9.17, 15) is 4.79 Å². The highest BCUT2D eigenvalue weighted by Crippen LogP contribution is 2.23. The lowest BCUT2D eigenvalue weighted by Crippen LogP contribution is -2.21. The fourth-order valence-electron chi connectivity index (χ4n) is 1.75. The van der Waals surface area contributed by atoms with Gasteiger partial charge in [-0.05, 0) is 19.1 Å². The largest absolute Gasteiger partial charge is 0.495 e. The molecule has 2 rings (SSSR count). The summed E-state index contributed by atoms with van der Waals surface area (Å²) in [4.78, 5) is 11.9. The molecular formula is C13H16N4O2. The van der Waals surface area contributed by atoms with Crippen molar-refractivity contribution in [2.24, 2.45) is 7.05 Å². The van der Waals surface area contributed by atoms with Crippen LogP contribution < -0.4 is 15.4 Å². The van der Waals surface area contributed by atoms with Crippen molar-refractivity contribution in [1.29, 1.82) is 0 Å². The van der Waals surface area contributed by atoms with Crippen molar-refractivity contribution in [2.75, 3.05) is 17.7 Å². The highest BCUT2D eigenvalue weighted by Gasteiger charge is 2.09. The van der Waals surface area contributed by atoms with Gasteiger partial charge in [-0.1, -0.05) is 12.1 Å². The number of ether oxygens (including phenoxy) is 1. The maximum Gasteiger partial charge on any atom is 0.324 e. The summed E-state index contributed by atoms with van der Waals surface area (Å²) in [5.74, 6) is 1.24. The number of urea groups is 1. The molecule has 0 aliphatic carbocycles. The van der Waals surface area contributed by atoms with Gasteiger partial charge in [-0.2, -0.15) is 5.10 Å². The molecule has 2 aromatic rings. The predicted molar refractivity (Wildman–Crippen MR) is 73.6 cm³/mol. The number of para-hydroxylation sites is 2. The number of carbonyl (C=O) groups excluding carboxylic acids is 1. The fraction of sp³-hybridized carbons (Fsp3) is 0.231. The van der Waals surface area contributed by atoms with E-state index in [1.807, 2.05) is 19.1 Å². The third-order valence-electron chi connectivity index (χ3n) is 2.60. The van der Waals surface area contributed by atoms with Crippen molar-refractivity contribution < 1.29 is 9.53 Å². The Labute approximate surface area is 111 Å². The Kier molecular flexibility index (Phi) is 3.70. The number of anilines is 2. The number of carbonyl (C=O) groups is 1. The van der Waals surface area contributed by atoms with Crippen molar-refractivity contribution in [3.8, 4) is 5.75 Å². The number of nitrogens with one attached hydrogen (secondary N) is 2. The van der Waals surface area contributed by atoms with Crippen LogP contribution in [0.15, 0.2) is 30.3 Å². The quantitative estimate of drug-likeness (QED) is 0.890. The number of rotatable bonds is 3. The minimum atomic E-state index is -0.340. The molecule has 0 aliphatic heterocycles. The van der Waals surface area contributed by atoms with E-state index in [0.29, 0.717) is 17.3 Å². The minimum absolute atomic E-state index is 0.340. The number of hydrogen-bond acceptors (Lipinski definition) is 3. The topological polar surface area (TPSA) is 68.2 Å². The molecule has 2 amide bonds. The molecule has 0 radical (unpaired) electrons. The summed E-state index contributed by atoms with van der Waals surface area (Å²) in [6.07, 6.45) is 0. The molecule has 19 heavy (non-hydrogen) atoms. The minimum Gasteiger partial charge on any atom is -0.495 e. The normalized spacial score (nSPS) is 10.1. The van der Waals surface area contributed by atoms with E-state index >= 15 is 0 Å². The molecule has 0 spiro atoms. The Morgan fingerprint density at radius 1 is 1.32 bits per heavy atom. The number of nitrogens with zero attached hydrogens (tertiary/aromatic N) is 2. The molecule has 6 nitrogen and oxygen atoms in total. The highest BCUT2D eigenvalue weighted by atomic mass is 16.5. The maximum atomic E-state index is 11.9. The lowest BCUT2D eigenvalue weighted by Gasteiger charge is -2.10. The van der Waals surface area contributed by atoms with Crippen molar-refractivity contribution in [2.45, 2.75) is 6.92 Å². The molecule has 1 heterocycles. The summed E-state index contributed by atoms with van der Waals surface area (Å²) < 4.78 is 6.77. The summed E-state index contributed by atoms with van der Waals surface area (Å²) in [6.45, 7) is 1.86. The zero-order valence-electron chi connectivity index (χ0n) is 11.1. The first-order valence-corrected chi connectivity index (χ1v) is 5.82. The van der Waals surface area contributed by atoms with Gasteiger partial charge in [0.15, 0.2) is 0 Å². The van der Waals surface area contributed by atoms with Crippen LogP contribution in [0, 0.1) is 6.92 Å². The summed E-state index contributed by atoms with van der Waals surface area (Å²) in [5, 5.41) is 9.61. The van der Waals surface area contributed by atoms with Gasteiger partial charge in [0.25, 0.3) is 0 Å². The van der Waals surface area contributed by atoms with Crippen LogP contribution in [0.1, 0.15) is 5.69 Å². The number of benzene rings is 1. The van der Waals surface area contributed by atoms with Crippen molar-refractivity contribution in [3.05, 3.63) is 36.0 Å². The molecule has 0 atom stereocenters. The van der Waals surface area contributed by atoms with E-state index in [2.05, 4.69) is 15.7 Å². The highest BCUT2D eigenvalue weighted by molar-refractivity contribution is 6.00. The van der Waals surface area contributed by atoms with Crippen LogP contribution in [-0.4, -0.2) is 22.9 Å². The molecule has 0 saturated carbocycles. The van der Waals surface area contributed by atoms with E-state index in [1.54, 1.807) is 37.0 Å². The van der Waals surface area contributed by atoms with Gasteiger partial charge in [0.1, 0.15) is 11.6 Å². The molecule has 100 valence electrons. The van der Waals surface area contributed by atoms with Gasteiger partial charge in [0, 0.05) is 13.1 Å². The maximum absolute atomic E-state index is 11.9. The summed E-state index contributed by atoms with van der Waals surface area (Å²) in [5.41, 5.74) is 1.46. The average Bonchev–Trinajstić information content (AvgIpc) is 2.68. The predicted octanol–water partition coefficient (Wildman–Crippen LogP) is 2.38. The van der Waals surface area contributed by atoms with Crippen LogP contribution in [0.5, 0.6) is 5.75 Å². The molecule has 0 fully saturated rings. The van der Waals surface area contributed by atoms with E-state index in [1.165, 1.54) is 0 Å². The van der Waals surface area contributed by atoms with Crippen LogP contribution in [0.4, 0.5) is 16.3 Å². The zero-order chi connectivity index (χ0) is 13.8. The van der Waals surface area contributed by atoms with Gasteiger partial charge in [0.05, 0.1) is 18.5 Å². The second kappa shape index (κ2) is 5.43. The van der Waals surface area contributed by atoms with Gasteiger partial charge >= 0.3 is 6.03 Å². The first kappa shape index (κ1) is 12.9. The van der Waals surface area contributed by atoms with Crippen LogP contribution in [0.25, 0.3) is 0 Å². The molecule has 0 aliphatic rings. The first-order chi connectivity index (χ1) is 9.10. The second-order valence-electron chi connectivity index (χ2n) is 4.07. The molecule has 1 aromatic heterocycles. The third-order valence-corrected chi connectivity index (χ3v) is 2.60. The monoisotopic (exact) mass is 260 g/mol. The molecule has 1 aromatic carbocycles.